The number of halogens is 1. The molecule has 2 aromatic rings. The smallest absolute Gasteiger partial charge is 0.192 e. The third kappa shape index (κ3) is 2.19. The van der Waals surface area contributed by atoms with E-state index in [9.17, 15) is 0 Å². The Hall–Kier alpha value is -0.870. The second kappa shape index (κ2) is 5.02. The first kappa shape index (κ1) is 12.2. The van der Waals surface area contributed by atoms with Crippen molar-refractivity contribution in [2.45, 2.75) is 44.9 Å². The zero-order valence-corrected chi connectivity index (χ0v) is 11.9. The molecule has 0 spiro atoms. The van der Waals surface area contributed by atoms with Crippen molar-refractivity contribution < 1.29 is 0 Å². The van der Waals surface area contributed by atoms with Crippen LogP contribution in [0.5, 0.6) is 0 Å². The Morgan fingerprint density at radius 2 is 2.11 bits per heavy atom. The molecule has 96 valence electrons. The first-order chi connectivity index (χ1) is 8.75. The van der Waals surface area contributed by atoms with E-state index in [4.69, 9.17) is 11.6 Å². The lowest BCUT2D eigenvalue weighted by molar-refractivity contribution is 0.429. The van der Waals surface area contributed by atoms with Crippen molar-refractivity contribution in [3.05, 3.63) is 21.8 Å². The average Bonchev–Trinajstić information content (AvgIpc) is 3.00. The van der Waals surface area contributed by atoms with Crippen molar-refractivity contribution in [3.8, 4) is 10.7 Å². The predicted octanol–water partition coefficient (Wildman–Crippen LogP) is 4.54. The molecule has 3 nitrogen and oxygen atoms in total. The van der Waals surface area contributed by atoms with Crippen molar-refractivity contribution in [2.75, 3.05) is 0 Å². The molecule has 1 aliphatic carbocycles. The van der Waals surface area contributed by atoms with Gasteiger partial charge >= 0.3 is 0 Å². The lowest BCUT2D eigenvalue weighted by Crippen LogP contribution is -2.06. The van der Waals surface area contributed by atoms with Crippen LogP contribution in [0.25, 0.3) is 10.7 Å². The molecule has 18 heavy (non-hydrogen) atoms. The van der Waals surface area contributed by atoms with Gasteiger partial charge < -0.3 is 0 Å². The summed E-state index contributed by atoms with van der Waals surface area (Å²) in [4.78, 5) is 5.62. The molecule has 0 atom stereocenters. The molecular weight excluding hydrogens is 266 g/mol. The largest absolute Gasteiger partial charge is 0.262 e. The highest BCUT2D eigenvalue weighted by Crippen LogP contribution is 2.36. The normalized spacial score (nSPS) is 17.2. The van der Waals surface area contributed by atoms with Gasteiger partial charge in [-0.1, -0.05) is 30.9 Å². The van der Waals surface area contributed by atoms with Gasteiger partial charge in [0, 0.05) is 5.92 Å². The number of H-pyrrole nitrogens is 1. The van der Waals surface area contributed by atoms with Crippen LogP contribution >= 0.6 is 22.9 Å². The van der Waals surface area contributed by atoms with Gasteiger partial charge in [0.25, 0.3) is 0 Å². The van der Waals surface area contributed by atoms with Crippen LogP contribution in [-0.2, 0) is 0 Å². The molecule has 0 aliphatic heterocycles. The molecule has 1 N–H and O–H groups in total. The van der Waals surface area contributed by atoms with Crippen LogP contribution in [0.3, 0.4) is 0 Å². The van der Waals surface area contributed by atoms with E-state index in [1.807, 2.05) is 12.3 Å². The van der Waals surface area contributed by atoms with E-state index in [-0.39, 0.29) is 0 Å². The summed E-state index contributed by atoms with van der Waals surface area (Å²) >= 11 is 7.87. The van der Waals surface area contributed by atoms with E-state index in [1.54, 1.807) is 11.3 Å². The number of nitrogens with one attached hydrogen (secondary N) is 1. The lowest BCUT2D eigenvalue weighted by atomic mass is 9.89. The van der Waals surface area contributed by atoms with Gasteiger partial charge in [0.05, 0.1) is 9.90 Å². The summed E-state index contributed by atoms with van der Waals surface area (Å²) in [5.74, 6) is 2.34. The van der Waals surface area contributed by atoms with Crippen LogP contribution < -0.4 is 0 Å². The SMILES string of the molecule is Cc1csc(-c2n[nH]c(C3CCCCC3)n2)c1Cl. The summed E-state index contributed by atoms with van der Waals surface area (Å²) in [6.45, 7) is 2.01. The summed E-state index contributed by atoms with van der Waals surface area (Å²) in [6, 6.07) is 0. The molecular formula is C13H16ClN3S. The first-order valence-electron chi connectivity index (χ1n) is 6.42. The molecule has 0 aromatic carbocycles. The fraction of sp³-hybridized carbons (Fsp3) is 0.538. The Balaban J connectivity index is 1.87. The fourth-order valence-corrected chi connectivity index (χ4v) is 3.73. The van der Waals surface area contributed by atoms with Crippen molar-refractivity contribution in [3.63, 3.8) is 0 Å². The number of hydrogen-bond acceptors (Lipinski definition) is 3. The number of nitrogens with zero attached hydrogens (tertiary/aromatic N) is 2. The molecule has 2 heterocycles. The Labute approximate surface area is 116 Å². The van der Waals surface area contributed by atoms with Gasteiger partial charge in [-0.2, -0.15) is 5.10 Å². The summed E-state index contributed by atoms with van der Waals surface area (Å²) in [5, 5.41) is 10.3. The number of rotatable bonds is 2. The van der Waals surface area contributed by atoms with E-state index in [0.717, 1.165) is 27.1 Å². The van der Waals surface area contributed by atoms with E-state index >= 15 is 0 Å². The Morgan fingerprint density at radius 3 is 2.78 bits per heavy atom. The van der Waals surface area contributed by atoms with Crippen LogP contribution in [0.2, 0.25) is 5.02 Å². The van der Waals surface area contributed by atoms with Gasteiger partial charge in [0.2, 0.25) is 0 Å². The number of thiophene rings is 1. The van der Waals surface area contributed by atoms with Crippen molar-refractivity contribution in [1.29, 1.82) is 0 Å². The minimum atomic E-state index is 0.555. The van der Waals surface area contributed by atoms with E-state index in [2.05, 4.69) is 15.2 Å². The molecule has 1 fully saturated rings. The van der Waals surface area contributed by atoms with Crippen LogP contribution in [0, 0.1) is 6.92 Å². The second-order valence-corrected chi connectivity index (χ2v) is 6.20. The maximum Gasteiger partial charge on any atom is 0.192 e. The molecule has 0 bridgehead atoms. The number of hydrogen-bond donors (Lipinski definition) is 1. The molecule has 3 rings (SSSR count). The van der Waals surface area contributed by atoms with Crippen LogP contribution in [-0.4, -0.2) is 15.2 Å². The van der Waals surface area contributed by atoms with Gasteiger partial charge in [-0.15, -0.1) is 11.3 Å². The number of aromatic nitrogens is 3. The third-order valence-electron chi connectivity index (χ3n) is 3.60. The fourth-order valence-electron chi connectivity index (χ4n) is 2.52. The van der Waals surface area contributed by atoms with Gasteiger partial charge in [-0.25, -0.2) is 4.98 Å². The minimum absolute atomic E-state index is 0.555. The second-order valence-electron chi connectivity index (χ2n) is 4.94. The molecule has 2 aromatic heterocycles. The molecule has 1 saturated carbocycles. The summed E-state index contributed by atoms with van der Waals surface area (Å²) in [7, 11) is 0. The lowest BCUT2D eigenvalue weighted by Gasteiger charge is -2.18. The standard InChI is InChI=1S/C13H16ClN3S/c1-8-7-18-11(10(8)14)13-15-12(16-17-13)9-5-3-2-4-6-9/h7,9H,2-6H2,1H3,(H,15,16,17). The molecule has 0 amide bonds. The zero-order valence-electron chi connectivity index (χ0n) is 10.4. The summed E-state index contributed by atoms with van der Waals surface area (Å²) in [5.41, 5.74) is 1.10. The summed E-state index contributed by atoms with van der Waals surface area (Å²) in [6.07, 6.45) is 6.42. The van der Waals surface area contributed by atoms with Crippen LogP contribution in [0.4, 0.5) is 0 Å². The van der Waals surface area contributed by atoms with Gasteiger partial charge in [-0.3, -0.25) is 5.10 Å². The van der Waals surface area contributed by atoms with Crippen molar-refractivity contribution in [1.82, 2.24) is 15.2 Å². The van der Waals surface area contributed by atoms with Gasteiger partial charge in [0.1, 0.15) is 5.82 Å². The highest BCUT2D eigenvalue weighted by atomic mass is 35.5. The minimum Gasteiger partial charge on any atom is -0.262 e. The Bertz CT molecular complexity index is 540. The summed E-state index contributed by atoms with van der Waals surface area (Å²) < 4.78 is 0. The van der Waals surface area contributed by atoms with E-state index in [0.29, 0.717) is 5.92 Å². The van der Waals surface area contributed by atoms with Gasteiger partial charge in [-0.05, 0) is 30.7 Å². The molecule has 5 heteroatoms. The first-order valence-corrected chi connectivity index (χ1v) is 7.67. The maximum absolute atomic E-state index is 6.25. The Morgan fingerprint density at radius 1 is 1.33 bits per heavy atom. The molecule has 1 aliphatic rings. The third-order valence-corrected chi connectivity index (χ3v) is 5.29. The van der Waals surface area contributed by atoms with Gasteiger partial charge in [0.15, 0.2) is 5.82 Å². The average molecular weight is 282 g/mol. The van der Waals surface area contributed by atoms with E-state index < -0.39 is 0 Å². The van der Waals surface area contributed by atoms with Crippen molar-refractivity contribution in [2.24, 2.45) is 0 Å². The number of aryl methyl sites for hydroxylation is 1. The van der Waals surface area contributed by atoms with Crippen LogP contribution in [0.1, 0.15) is 49.4 Å². The Kier molecular flexibility index (Phi) is 3.39. The predicted molar refractivity (Wildman–Crippen MR) is 75.3 cm³/mol. The molecule has 0 unspecified atom stereocenters. The highest BCUT2D eigenvalue weighted by molar-refractivity contribution is 7.14. The van der Waals surface area contributed by atoms with Crippen molar-refractivity contribution >= 4 is 22.9 Å². The zero-order chi connectivity index (χ0) is 12.5. The van der Waals surface area contributed by atoms with Crippen LogP contribution in [0.15, 0.2) is 5.38 Å². The monoisotopic (exact) mass is 281 g/mol. The molecule has 0 radical (unpaired) electrons. The number of aromatic amines is 1. The van der Waals surface area contributed by atoms with E-state index in [1.165, 1.54) is 32.1 Å². The quantitative estimate of drug-likeness (QED) is 0.878. The topological polar surface area (TPSA) is 41.6 Å². The highest BCUT2D eigenvalue weighted by Gasteiger charge is 2.20. The molecule has 0 saturated heterocycles. The maximum atomic E-state index is 6.25.